The molecule has 0 aromatic heterocycles. The van der Waals surface area contributed by atoms with Crippen LogP contribution in [0.25, 0.3) is 0 Å². The second kappa shape index (κ2) is 4.45. The molecule has 1 rings (SSSR count). The average Bonchev–Trinajstić information content (AvgIpc) is 1.98. The molecule has 0 saturated heterocycles. The molecule has 80 valence electrons. The molecule has 0 fully saturated rings. The predicted molar refractivity (Wildman–Crippen MR) is 50.5 cm³/mol. The quantitative estimate of drug-likeness (QED) is 0.616. The van der Waals surface area contributed by atoms with Crippen molar-refractivity contribution in [3.05, 3.63) is 28.8 Å². The third-order valence-corrected chi connectivity index (χ3v) is 3.28. The van der Waals surface area contributed by atoms with Crippen LogP contribution in [0.1, 0.15) is 16.7 Å². The van der Waals surface area contributed by atoms with Crippen molar-refractivity contribution in [1.29, 1.82) is 0 Å². The van der Waals surface area contributed by atoms with Crippen LogP contribution in [0.5, 0.6) is 0 Å². The van der Waals surface area contributed by atoms with E-state index in [4.69, 9.17) is 4.55 Å². The molecule has 0 aliphatic carbocycles. The molecule has 0 aliphatic heterocycles. The van der Waals surface area contributed by atoms with Crippen LogP contribution < -0.4 is 0 Å². The van der Waals surface area contributed by atoms with Crippen LogP contribution in [0.15, 0.2) is 17.0 Å². The van der Waals surface area contributed by atoms with Gasteiger partial charge in [0.2, 0.25) is 0 Å². The Hall–Kier alpha value is -0.351. The summed E-state index contributed by atoms with van der Waals surface area (Å²) in [5.41, 5.74) is 2.53. The molecule has 0 saturated carbocycles. The molecule has 1 N–H and O–H groups in total. The Bertz CT molecular complexity index is 438. The Balaban J connectivity index is 0.00000169. The fraction of sp³-hybridized carbons (Fsp3) is 0.333. The summed E-state index contributed by atoms with van der Waals surface area (Å²) in [6.07, 6.45) is 0. The van der Waals surface area contributed by atoms with E-state index in [0.717, 1.165) is 11.1 Å². The summed E-state index contributed by atoms with van der Waals surface area (Å²) in [5.74, 6) is 0. The maximum absolute atomic E-state index is 10.9. The van der Waals surface area contributed by atoms with Crippen molar-refractivity contribution in [2.75, 3.05) is 0 Å². The molecule has 5 heteroatoms. The number of hydrogen-bond acceptors (Lipinski definition) is 2. The summed E-state index contributed by atoms with van der Waals surface area (Å²) in [6.45, 7) is 5.42. The van der Waals surface area contributed by atoms with Gasteiger partial charge in [0.05, 0.1) is 4.90 Å². The summed E-state index contributed by atoms with van der Waals surface area (Å²) < 4.78 is 30.6. The first-order valence-corrected chi connectivity index (χ1v) is 5.32. The Kier molecular flexibility index (Phi) is 4.33. The molecule has 0 atom stereocenters. The van der Waals surface area contributed by atoms with Gasteiger partial charge in [-0.2, -0.15) is 8.42 Å². The van der Waals surface area contributed by atoms with Crippen LogP contribution >= 0.6 is 0 Å². The van der Waals surface area contributed by atoms with Gasteiger partial charge in [-0.15, -0.1) is 0 Å². The summed E-state index contributed by atoms with van der Waals surface area (Å²) in [6, 6.07) is 3.11. The predicted octanol–water partition coefficient (Wildman–Crippen LogP) is 1.86. The number of hydrogen-bond donors (Lipinski definition) is 1. The molecule has 3 nitrogen and oxygen atoms in total. The summed E-state index contributed by atoms with van der Waals surface area (Å²) >= 11 is 0. The van der Waals surface area contributed by atoms with Crippen LogP contribution in [-0.4, -0.2) is 13.0 Å². The maximum Gasteiger partial charge on any atom is 0.294 e. The van der Waals surface area contributed by atoms with Gasteiger partial charge in [0.1, 0.15) is 0 Å². The molecule has 0 bridgehead atoms. The van der Waals surface area contributed by atoms with Gasteiger partial charge in [0.25, 0.3) is 10.1 Å². The summed E-state index contributed by atoms with van der Waals surface area (Å²) in [7, 11) is -4.07. The van der Waals surface area contributed by atoms with Gasteiger partial charge in [0, 0.05) is 17.1 Å². The summed E-state index contributed by atoms with van der Waals surface area (Å²) in [4.78, 5) is -0.00407. The van der Waals surface area contributed by atoms with E-state index in [2.05, 4.69) is 0 Å². The van der Waals surface area contributed by atoms with Crippen molar-refractivity contribution in [3.8, 4) is 0 Å². The Morgan fingerprint density at radius 1 is 1.07 bits per heavy atom. The van der Waals surface area contributed by atoms with E-state index < -0.39 is 10.1 Å². The zero-order valence-corrected chi connectivity index (χ0v) is 10.1. The Morgan fingerprint density at radius 3 is 2.00 bits per heavy atom. The molecular weight excluding hydrogens is 244 g/mol. The molecular formula is C9H12FeO3S. The van der Waals surface area contributed by atoms with Gasteiger partial charge < -0.3 is 0 Å². The van der Waals surface area contributed by atoms with E-state index in [1.54, 1.807) is 13.0 Å². The minimum Gasteiger partial charge on any atom is -0.282 e. The monoisotopic (exact) mass is 256 g/mol. The third kappa shape index (κ3) is 2.58. The SMILES string of the molecule is Cc1ccc(S(=O)(=O)O)c(C)c1C.[Fe]. The molecule has 1 aromatic carbocycles. The zero-order chi connectivity index (χ0) is 10.2. The fourth-order valence-corrected chi connectivity index (χ4v) is 1.99. The van der Waals surface area contributed by atoms with E-state index in [1.807, 2.05) is 13.8 Å². The van der Waals surface area contributed by atoms with Gasteiger partial charge in [-0.05, 0) is 43.5 Å². The van der Waals surface area contributed by atoms with Gasteiger partial charge in [-0.25, -0.2) is 0 Å². The van der Waals surface area contributed by atoms with E-state index >= 15 is 0 Å². The molecule has 0 radical (unpaired) electrons. The third-order valence-electron chi connectivity index (χ3n) is 2.29. The summed E-state index contributed by atoms with van der Waals surface area (Å²) in [5, 5.41) is 0. The second-order valence-corrected chi connectivity index (χ2v) is 4.50. The smallest absolute Gasteiger partial charge is 0.282 e. The second-order valence-electron chi connectivity index (χ2n) is 3.11. The van der Waals surface area contributed by atoms with Crippen molar-refractivity contribution >= 4 is 10.1 Å². The van der Waals surface area contributed by atoms with Crippen LogP contribution in [0, 0.1) is 20.8 Å². The van der Waals surface area contributed by atoms with Gasteiger partial charge in [0.15, 0.2) is 0 Å². The van der Waals surface area contributed by atoms with E-state index in [1.165, 1.54) is 6.07 Å². The first-order valence-electron chi connectivity index (χ1n) is 3.88. The van der Waals surface area contributed by atoms with Crippen molar-refractivity contribution in [2.24, 2.45) is 0 Å². The molecule has 0 spiro atoms. The number of benzene rings is 1. The molecule has 0 amide bonds. The van der Waals surface area contributed by atoms with E-state index in [-0.39, 0.29) is 22.0 Å². The number of rotatable bonds is 1. The minimum atomic E-state index is -4.07. The minimum absolute atomic E-state index is 0. The van der Waals surface area contributed by atoms with Crippen molar-refractivity contribution in [3.63, 3.8) is 0 Å². The topological polar surface area (TPSA) is 54.4 Å². The normalized spacial score (nSPS) is 10.9. The molecule has 14 heavy (non-hydrogen) atoms. The largest absolute Gasteiger partial charge is 0.294 e. The number of aryl methyl sites for hydroxylation is 1. The van der Waals surface area contributed by atoms with E-state index in [0.29, 0.717) is 5.56 Å². The molecule has 0 heterocycles. The Morgan fingerprint density at radius 2 is 1.57 bits per heavy atom. The first kappa shape index (κ1) is 13.6. The van der Waals surface area contributed by atoms with E-state index in [9.17, 15) is 8.42 Å². The van der Waals surface area contributed by atoms with Crippen LogP contribution in [0.3, 0.4) is 0 Å². The molecule has 0 unspecified atom stereocenters. The Labute approximate surface area is 94.8 Å². The maximum atomic E-state index is 10.9. The van der Waals surface area contributed by atoms with Crippen LogP contribution in [-0.2, 0) is 27.2 Å². The van der Waals surface area contributed by atoms with Crippen molar-refractivity contribution in [2.45, 2.75) is 25.7 Å². The standard InChI is InChI=1S/C9H12O3S.Fe/c1-6-4-5-9(13(10,11)12)8(3)7(6)2;/h4-5H,1-3H3,(H,10,11,12);. The van der Waals surface area contributed by atoms with Crippen molar-refractivity contribution < 1.29 is 30.0 Å². The fourth-order valence-electron chi connectivity index (χ4n) is 1.21. The van der Waals surface area contributed by atoms with Crippen LogP contribution in [0.2, 0.25) is 0 Å². The molecule has 1 aromatic rings. The van der Waals surface area contributed by atoms with Crippen LogP contribution in [0.4, 0.5) is 0 Å². The van der Waals surface area contributed by atoms with Gasteiger partial charge >= 0.3 is 0 Å². The first-order chi connectivity index (χ1) is 5.84. The van der Waals surface area contributed by atoms with Gasteiger partial charge in [-0.3, -0.25) is 4.55 Å². The zero-order valence-electron chi connectivity index (χ0n) is 8.18. The molecule has 0 aliphatic rings. The van der Waals surface area contributed by atoms with Crippen molar-refractivity contribution in [1.82, 2.24) is 0 Å². The average molecular weight is 256 g/mol. The van der Waals surface area contributed by atoms with Gasteiger partial charge in [-0.1, -0.05) is 6.07 Å².